The van der Waals surface area contributed by atoms with Crippen LogP contribution in [0, 0.1) is 13.8 Å². The van der Waals surface area contributed by atoms with Crippen molar-refractivity contribution in [3.63, 3.8) is 0 Å². The molecule has 0 aliphatic carbocycles. The first-order chi connectivity index (χ1) is 9.17. The molecule has 1 rings (SSSR count). The number of rotatable bonds is 9. The standard InChI is InChI=1S/C18H31N/c1-5-7-8-9-10-11-18(19-6-2)17-13-15(3)12-16(4)14-17/h12-14,18-19H,5-11H2,1-4H3. The molecule has 1 heteroatoms. The second kappa shape index (κ2) is 9.14. The van der Waals surface area contributed by atoms with Crippen LogP contribution in [0.25, 0.3) is 0 Å². The molecule has 19 heavy (non-hydrogen) atoms. The van der Waals surface area contributed by atoms with Crippen LogP contribution in [0.3, 0.4) is 0 Å². The quantitative estimate of drug-likeness (QED) is 0.594. The van der Waals surface area contributed by atoms with E-state index in [2.05, 4.69) is 51.2 Å². The van der Waals surface area contributed by atoms with Crippen molar-refractivity contribution >= 4 is 0 Å². The highest BCUT2D eigenvalue weighted by Gasteiger charge is 2.10. The van der Waals surface area contributed by atoms with Gasteiger partial charge >= 0.3 is 0 Å². The molecule has 1 atom stereocenters. The predicted octanol–water partition coefficient (Wildman–Crippen LogP) is 5.31. The number of nitrogens with one attached hydrogen (secondary N) is 1. The molecule has 1 N–H and O–H groups in total. The molecular formula is C18H31N. The Labute approximate surface area is 119 Å². The van der Waals surface area contributed by atoms with Crippen LogP contribution in [-0.4, -0.2) is 6.54 Å². The average molecular weight is 261 g/mol. The van der Waals surface area contributed by atoms with Gasteiger partial charge in [-0.3, -0.25) is 0 Å². The van der Waals surface area contributed by atoms with Gasteiger partial charge in [-0.05, 0) is 32.4 Å². The fourth-order valence-electron chi connectivity index (χ4n) is 2.80. The average Bonchev–Trinajstić information content (AvgIpc) is 2.36. The van der Waals surface area contributed by atoms with E-state index >= 15 is 0 Å². The molecule has 0 saturated carbocycles. The molecule has 0 spiro atoms. The maximum Gasteiger partial charge on any atom is 0.0320 e. The molecule has 0 radical (unpaired) electrons. The number of aryl methyl sites for hydroxylation is 2. The van der Waals surface area contributed by atoms with E-state index in [-0.39, 0.29) is 0 Å². The van der Waals surface area contributed by atoms with Crippen LogP contribution < -0.4 is 5.32 Å². The van der Waals surface area contributed by atoms with Crippen molar-refractivity contribution in [3.8, 4) is 0 Å². The van der Waals surface area contributed by atoms with Crippen LogP contribution in [0.4, 0.5) is 0 Å². The summed E-state index contributed by atoms with van der Waals surface area (Å²) in [5.74, 6) is 0. The summed E-state index contributed by atoms with van der Waals surface area (Å²) in [7, 11) is 0. The lowest BCUT2D eigenvalue weighted by atomic mass is 9.96. The normalized spacial score (nSPS) is 12.6. The molecule has 1 unspecified atom stereocenters. The van der Waals surface area contributed by atoms with Crippen LogP contribution >= 0.6 is 0 Å². The van der Waals surface area contributed by atoms with Gasteiger partial charge in [0.05, 0.1) is 0 Å². The van der Waals surface area contributed by atoms with Crippen molar-refractivity contribution in [1.29, 1.82) is 0 Å². The summed E-state index contributed by atoms with van der Waals surface area (Å²) in [5.41, 5.74) is 4.22. The molecule has 1 nitrogen and oxygen atoms in total. The number of unbranched alkanes of at least 4 members (excludes halogenated alkanes) is 4. The summed E-state index contributed by atoms with van der Waals surface area (Å²) < 4.78 is 0. The van der Waals surface area contributed by atoms with Gasteiger partial charge in [-0.1, -0.05) is 75.3 Å². The Hall–Kier alpha value is -0.820. The third kappa shape index (κ3) is 6.24. The Morgan fingerprint density at radius 2 is 1.53 bits per heavy atom. The van der Waals surface area contributed by atoms with E-state index in [1.165, 1.54) is 55.2 Å². The van der Waals surface area contributed by atoms with Crippen LogP contribution in [-0.2, 0) is 0 Å². The highest BCUT2D eigenvalue weighted by molar-refractivity contribution is 5.30. The largest absolute Gasteiger partial charge is 0.310 e. The van der Waals surface area contributed by atoms with Gasteiger partial charge in [-0.15, -0.1) is 0 Å². The lowest BCUT2D eigenvalue weighted by molar-refractivity contribution is 0.478. The van der Waals surface area contributed by atoms with E-state index in [1.54, 1.807) is 0 Å². The smallest absolute Gasteiger partial charge is 0.0320 e. The summed E-state index contributed by atoms with van der Waals surface area (Å²) in [4.78, 5) is 0. The molecule has 0 aromatic heterocycles. The van der Waals surface area contributed by atoms with Crippen molar-refractivity contribution in [2.24, 2.45) is 0 Å². The Bertz CT molecular complexity index is 336. The molecule has 0 aliphatic heterocycles. The predicted molar refractivity (Wildman–Crippen MR) is 85.7 cm³/mol. The summed E-state index contributed by atoms with van der Waals surface area (Å²) in [5, 5.41) is 3.64. The monoisotopic (exact) mass is 261 g/mol. The lowest BCUT2D eigenvalue weighted by Crippen LogP contribution is -2.21. The van der Waals surface area contributed by atoms with E-state index in [0.29, 0.717) is 6.04 Å². The Kier molecular flexibility index (Phi) is 7.81. The van der Waals surface area contributed by atoms with Crippen LogP contribution in [0.1, 0.15) is 75.1 Å². The zero-order valence-corrected chi connectivity index (χ0v) is 13.3. The Morgan fingerprint density at radius 1 is 0.895 bits per heavy atom. The first-order valence-corrected chi connectivity index (χ1v) is 7.99. The van der Waals surface area contributed by atoms with Crippen molar-refractivity contribution in [1.82, 2.24) is 5.32 Å². The second-order valence-electron chi connectivity index (χ2n) is 5.73. The van der Waals surface area contributed by atoms with E-state index in [9.17, 15) is 0 Å². The summed E-state index contributed by atoms with van der Waals surface area (Å²) in [6, 6.07) is 7.47. The molecule has 1 aromatic carbocycles. The highest BCUT2D eigenvalue weighted by Crippen LogP contribution is 2.22. The maximum atomic E-state index is 3.64. The molecule has 0 heterocycles. The van der Waals surface area contributed by atoms with Gasteiger partial charge in [-0.2, -0.15) is 0 Å². The fourth-order valence-corrected chi connectivity index (χ4v) is 2.80. The van der Waals surface area contributed by atoms with Gasteiger partial charge in [0.15, 0.2) is 0 Å². The van der Waals surface area contributed by atoms with Crippen LogP contribution in [0.2, 0.25) is 0 Å². The van der Waals surface area contributed by atoms with Gasteiger partial charge in [0.2, 0.25) is 0 Å². The summed E-state index contributed by atoms with van der Waals surface area (Å²) in [6.07, 6.45) is 8.08. The van der Waals surface area contributed by atoms with Crippen molar-refractivity contribution in [2.75, 3.05) is 6.54 Å². The topological polar surface area (TPSA) is 12.0 Å². The number of benzene rings is 1. The molecule has 0 bridgehead atoms. The number of hydrogen-bond acceptors (Lipinski definition) is 1. The lowest BCUT2D eigenvalue weighted by Gasteiger charge is -2.19. The van der Waals surface area contributed by atoms with Crippen molar-refractivity contribution in [2.45, 2.75) is 72.3 Å². The van der Waals surface area contributed by atoms with Gasteiger partial charge in [0.25, 0.3) is 0 Å². The first kappa shape index (κ1) is 16.2. The summed E-state index contributed by atoms with van der Waals surface area (Å²) in [6.45, 7) is 9.91. The molecule has 1 aromatic rings. The zero-order valence-electron chi connectivity index (χ0n) is 13.3. The van der Waals surface area contributed by atoms with Crippen LogP contribution in [0.15, 0.2) is 18.2 Å². The van der Waals surface area contributed by atoms with Gasteiger partial charge < -0.3 is 5.32 Å². The van der Waals surface area contributed by atoms with Crippen molar-refractivity contribution in [3.05, 3.63) is 34.9 Å². The zero-order chi connectivity index (χ0) is 14.1. The van der Waals surface area contributed by atoms with Gasteiger partial charge in [0, 0.05) is 6.04 Å². The number of hydrogen-bond donors (Lipinski definition) is 1. The third-order valence-corrected chi connectivity index (χ3v) is 3.69. The molecular weight excluding hydrogens is 230 g/mol. The minimum absolute atomic E-state index is 0.533. The highest BCUT2D eigenvalue weighted by atomic mass is 14.9. The van der Waals surface area contributed by atoms with Crippen LogP contribution in [0.5, 0.6) is 0 Å². The minimum atomic E-state index is 0.533. The second-order valence-corrected chi connectivity index (χ2v) is 5.73. The van der Waals surface area contributed by atoms with Gasteiger partial charge in [0.1, 0.15) is 0 Å². The van der Waals surface area contributed by atoms with E-state index in [4.69, 9.17) is 0 Å². The van der Waals surface area contributed by atoms with E-state index in [1.807, 2.05) is 0 Å². The molecule has 0 amide bonds. The first-order valence-electron chi connectivity index (χ1n) is 7.99. The molecule has 0 aliphatic rings. The Morgan fingerprint density at radius 3 is 2.11 bits per heavy atom. The minimum Gasteiger partial charge on any atom is -0.310 e. The van der Waals surface area contributed by atoms with Gasteiger partial charge in [-0.25, -0.2) is 0 Å². The Balaban J connectivity index is 2.55. The molecule has 0 saturated heterocycles. The fraction of sp³-hybridized carbons (Fsp3) is 0.667. The molecule has 108 valence electrons. The maximum absolute atomic E-state index is 3.64. The SMILES string of the molecule is CCCCCCCC(NCC)c1cc(C)cc(C)c1. The third-order valence-electron chi connectivity index (χ3n) is 3.69. The molecule has 0 fully saturated rings. The van der Waals surface area contributed by atoms with Crippen molar-refractivity contribution < 1.29 is 0 Å². The van der Waals surface area contributed by atoms with E-state index in [0.717, 1.165) is 6.54 Å². The van der Waals surface area contributed by atoms with E-state index < -0.39 is 0 Å². The summed E-state index contributed by atoms with van der Waals surface area (Å²) >= 11 is 0.